The Labute approximate surface area is 244 Å². The highest BCUT2D eigenvalue weighted by molar-refractivity contribution is 5.94. The number of likely N-dealkylation sites (tertiary alicyclic amines) is 1. The van der Waals surface area contributed by atoms with E-state index in [1.807, 2.05) is 0 Å². The van der Waals surface area contributed by atoms with Gasteiger partial charge in [-0.25, -0.2) is 8.78 Å². The fraction of sp³-hybridized carbons (Fsp3) is 0.375. The monoisotopic (exact) mass is 581 g/mol. The molecule has 42 heavy (non-hydrogen) atoms. The first-order valence-corrected chi connectivity index (χ1v) is 14.0. The van der Waals surface area contributed by atoms with Crippen molar-refractivity contribution in [3.8, 4) is 16.9 Å². The summed E-state index contributed by atoms with van der Waals surface area (Å²) in [6, 6.07) is 15.7. The van der Waals surface area contributed by atoms with Gasteiger partial charge in [-0.15, -0.1) is 0 Å². The third-order valence-electron chi connectivity index (χ3n) is 7.92. The number of methoxy groups -OCH3 is 1. The number of piperidine rings is 1. The molecular weight excluding hydrogens is 544 g/mol. The second kappa shape index (κ2) is 13.9. The predicted octanol–water partition coefficient (Wildman–Crippen LogP) is 3.73. The van der Waals surface area contributed by atoms with Crippen molar-refractivity contribution < 1.29 is 33.3 Å². The zero-order valence-electron chi connectivity index (χ0n) is 23.6. The molecule has 1 aliphatic rings. The highest BCUT2D eigenvalue weighted by atomic mass is 19.1. The molecule has 1 fully saturated rings. The van der Waals surface area contributed by atoms with Gasteiger partial charge in [-0.05, 0) is 72.7 Å². The number of amides is 2. The Kier molecular flexibility index (Phi) is 10.3. The summed E-state index contributed by atoms with van der Waals surface area (Å²) in [4.78, 5) is 26.6. The molecule has 4 rings (SSSR count). The lowest BCUT2D eigenvalue weighted by molar-refractivity contribution is -0.123. The number of aliphatic hydroxyl groups is 2. The van der Waals surface area contributed by atoms with Gasteiger partial charge in [-0.1, -0.05) is 30.3 Å². The molecule has 0 radical (unpaired) electrons. The van der Waals surface area contributed by atoms with Crippen molar-refractivity contribution in [1.29, 1.82) is 0 Å². The molecule has 2 amide bonds. The number of aliphatic hydroxyl groups excluding tert-OH is 1. The lowest BCUT2D eigenvalue weighted by atomic mass is 9.72. The fourth-order valence-corrected chi connectivity index (χ4v) is 5.74. The normalized spacial score (nSPS) is 16.5. The summed E-state index contributed by atoms with van der Waals surface area (Å²) in [5.41, 5.74) is 5.55. The van der Waals surface area contributed by atoms with Crippen LogP contribution in [-0.4, -0.2) is 60.3 Å². The highest BCUT2D eigenvalue weighted by Crippen LogP contribution is 2.44. The number of rotatable bonds is 11. The molecule has 1 aliphatic heterocycles. The summed E-state index contributed by atoms with van der Waals surface area (Å²) < 4.78 is 35.8. The minimum Gasteiger partial charge on any atom is -0.497 e. The Bertz CT molecular complexity index is 1420. The molecule has 0 aliphatic carbocycles. The number of halogens is 2. The standard InChI is InChI=1S/C32H37F2N3O5/c1-42-24-8-2-6-22(17-24)30-26(9-3-10-27(30)33)32(41,13-5-14-36-29(39)20-38)23-7-4-15-37(19-23)31(40)25-12-11-21(18-35)16-28(25)34/h2-3,6,8-12,16-17,23,38,41H,4-5,7,13-15,18-20,35H2,1H3,(H,36,39)/t23-,32+/m1/s1. The van der Waals surface area contributed by atoms with Crippen LogP contribution in [0.4, 0.5) is 8.78 Å². The number of nitrogens with two attached hydrogens (primary N) is 1. The van der Waals surface area contributed by atoms with Crippen molar-refractivity contribution >= 4 is 11.8 Å². The maximum absolute atomic E-state index is 15.6. The van der Waals surface area contributed by atoms with Gasteiger partial charge in [0, 0.05) is 37.7 Å². The van der Waals surface area contributed by atoms with Gasteiger partial charge in [0.1, 0.15) is 24.0 Å². The van der Waals surface area contributed by atoms with E-state index < -0.39 is 41.6 Å². The van der Waals surface area contributed by atoms with E-state index in [1.165, 1.54) is 36.3 Å². The summed E-state index contributed by atoms with van der Waals surface area (Å²) in [6.45, 7) is 0.162. The van der Waals surface area contributed by atoms with E-state index in [1.54, 1.807) is 36.4 Å². The third-order valence-corrected chi connectivity index (χ3v) is 7.92. The van der Waals surface area contributed by atoms with Gasteiger partial charge in [-0.3, -0.25) is 9.59 Å². The first-order chi connectivity index (χ1) is 20.2. The van der Waals surface area contributed by atoms with Crippen molar-refractivity contribution in [3.05, 3.63) is 89.0 Å². The highest BCUT2D eigenvalue weighted by Gasteiger charge is 2.43. The maximum Gasteiger partial charge on any atom is 0.256 e. The van der Waals surface area contributed by atoms with Gasteiger partial charge < -0.3 is 30.9 Å². The van der Waals surface area contributed by atoms with E-state index in [2.05, 4.69) is 5.32 Å². The number of carbonyl (C=O) groups is 2. The van der Waals surface area contributed by atoms with Crippen molar-refractivity contribution in [3.63, 3.8) is 0 Å². The molecule has 2 atom stereocenters. The average molecular weight is 582 g/mol. The van der Waals surface area contributed by atoms with Crippen molar-refractivity contribution in [2.24, 2.45) is 11.7 Å². The molecule has 3 aromatic rings. The Morgan fingerprint density at radius 3 is 2.62 bits per heavy atom. The lowest BCUT2D eigenvalue weighted by Gasteiger charge is -2.43. The smallest absolute Gasteiger partial charge is 0.256 e. The van der Waals surface area contributed by atoms with Crippen molar-refractivity contribution in [2.45, 2.75) is 37.8 Å². The van der Waals surface area contributed by atoms with E-state index in [4.69, 9.17) is 15.6 Å². The number of hydrogen-bond acceptors (Lipinski definition) is 6. The van der Waals surface area contributed by atoms with Gasteiger partial charge in [0.25, 0.3) is 5.91 Å². The van der Waals surface area contributed by atoms with Crippen LogP contribution in [0.2, 0.25) is 0 Å². The molecular formula is C32H37F2N3O5. The Morgan fingerprint density at radius 1 is 1.12 bits per heavy atom. The maximum atomic E-state index is 15.6. The first kappa shape index (κ1) is 31.1. The van der Waals surface area contributed by atoms with Crippen LogP contribution in [0.3, 0.4) is 0 Å². The van der Waals surface area contributed by atoms with E-state index >= 15 is 4.39 Å². The first-order valence-electron chi connectivity index (χ1n) is 14.0. The van der Waals surface area contributed by atoms with Crippen LogP contribution in [-0.2, 0) is 16.9 Å². The summed E-state index contributed by atoms with van der Waals surface area (Å²) >= 11 is 0. The lowest BCUT2D eigenvalue weighted by Crippen LogP contribution is -2.48. The summed E-state index contributed by atoms with van der Waals surface area (Å²) in [7, 11) is 1.51. The topological polar surface area (TPSA) is 125 Å². The molecule has 0 bridgehead atoms. The molecule has 0 saturated carbocycles. The Balaban J connectivity index is 1.72. The van der Waals surface area contributed by atoms with Gasteiger partial charge in [0.2, 0.25) is 5.91 Å². The summed E-state index contributed by atoms with van der Waals surface area (Å²) in [5.74, 6) is -2.23. The number of nitrogens with zero attached hydrogens (tertiary/aromatic N) is 1. The molecule has 1 saturated heterocycles. The molecule has 5 N–H and O–H groups in total. The Hall–Kier alpha value is -3.86. The Morgan fingerprint density at radius 2 is 1.90 bits per heavy atom. The molecule has 0 aromatic heterocycles. The molecule has 0 spiro atoms. The molecule has 3 aromatic carbocycles. The number of hydrogen-bond donors (Lipinski definition) is 4. The van der Waals surface area contributed by atoms with E-state index in [0.29, 0.717) is 48.2 Å². The fourth-order valence-electron chi connectivity index (χ4n) is 5.74. The number of ether oxygens (including phenoxy) is 1. The zero-order valence-corrected chi connectivity index (χ0v) is 23.6. The second-order valence-corrected chi connectivity index (χ2v) is 10.5. The quantitative estimate of drug-likeness (QED) is 0.256. The van der Waals surface area contributed by atoms with Gasteiger partial charge in [0.15, 0.2) is 0 Å². The summed E-state index contributed by atoms with van der Waals surface area (Å²) in [6.07, 6.45) is 1.53. The molecule has 0 unspecified atom stereocenters. The van der Waals surface area contributed by atoms with Crippen molar-refractivity contribution in [1.82, 2.24) is 10.2 Å². The predicted molar refractivity (Wildman–Crippen MR) is 155 cm³/mol. The van der Waals surface area contributed by atoms with Crippen LogP contribution in [0, 0.1) is 17.6 Å². The van der Waals surface area contributed by atoms with Gasteiger partial charge >= 0.3 is 0 Å². The number of carbonyl (C=O) groups excluding carboxylic acids is 2. The van der Waals surface area contributed by atoms with Gasteiger partial charge in [0.05, 0.1) is 18.3 Å². The number of benzene rings is 3. The zero-order chi connectivity index (χ0) is 30.3. The number of nitrogens with one attached hydrogen (secondary N) is 1. The van der Waals surface area contributed by atoms with Crippen LogP contribution in [0.15, 0.2) is 60.7 Å². The van der Waals surface area contributed by atoms with E-state index in [9.17, 15) is 19.1 Å². The van der Waals surface area contributed by atoms with Crippen LogP contribution in [0.25, 0.3) is 11.1 Å². The van der Waals surface area contributed by atoms with Crippen LogP contribution >= 0.6 is 0 Å². The second-order valence-electron chi connectivity index (χ2n) is 10.5. The molecule has 1 heterocycles. The van der Waals surface area contributed by atoms with Crippen molar-refractivity contribution in [2.75, 3.05) is 33.4 Å². The van der Waals surface area contributed by atoms with E-state index in [-0.39, 0.29) is 37.2 Å². The molecule has 10 heteroatoms. The minimum absolute atomic E-state index is 0.0778. The largest absolute Gasteiger partial charge is 0.497 e. The van der Waals surface area contributed by atoms with E-state index in [0.717, 1.165) is 0 Å². The van der Waals surface area contributed by atoms with Crippen LogP contribution in [0.1, 0.15) is 47.2 Å². The average Bonchev–Trinajstić information content (AvgIpc) is 3.02. The minimum atomic E-state index is -1.62. The van der Waals surface area contributed by atoms with Gasteiger partial charge in [-0.2, -0.15) is 0 Å². The SMILES string of the molecule is COc1cccc(-c2c(F)cccc2[C@](O)(CCCNC(=O)CO)[C@@H]2CCCN(C(=O)c3ccc(CN)cc3F)C2)c1. The van der Waals surface area contributed by atoms with Crippen LogP contribution in [0.5, 0.6) is 5.75 Å². The third kappa shape index (κ3) is 6.78. The summed E-state index contributed by atoms with van der Waals surface area (Å²) in [5, 5.41) is 24.2. The molecule has 8 nitrogen and oxygen atoms in total. The molecule has 224 valence electrons. The van der Waals surface area contributed by atoms with Crippen LogP contribution < -0.4 is 15.8 Å².